The lowest BCUT2D eigenvalue weighted by molar-refractivity contribution is -0.384. The molecule has 0 radical (unpaired) electrons. The maximum atomic E-state index is 12.4. The molecule has 1 N–H and O–H groups in total. The summed E-state index contributed by atoms with van der Waals surface area (Å²) in [5.74, 6) is -1.82. The van der Waals surface area contributed by atoms with Crippen molar-refractivity contribution in [1.29, 1.82) is 5.26 Å². The Bertz CT molecular complexity index is 868. The third-order valence-corrected chi connectivity index (χ3v) is 3.35. The second-order valence-electron chi connectivity index (χ2n) is 4.82. The Morgan fingerprint density at radius 3 is 2.25 bits per heavy atom. The van der Waals surface area contributed by atoms with Gasteiger partial charge in [-0.05, 0) is 36.4 Å². The Labute approximate surface area is 136 Å². The maximum Gasteiger partial charge on any atom is 0.335 e. The molecule has 0 heterocycles. The van der Waals surface area contributed by atoms with Gasteiger partial charge in [-0.3, -0.25) is 14.9 Å². The van der Waals surface area contributed by atoms with Crippen molar-refractivity contribution < 1.29 is 19.6 Å². The molecule has 0 aliphatic rings. The number of rotatable bonds is 4. The average Bonchev–Trinajstić information content (AvgIpc) is 2.59. The first kappa shape index (κ1) is 16.6. The van der Waals surface area contributed by atoms with Crippen LogP contribution in [0.3, 0.4) is 0 Å². The minimum absolute atomic E-state index is 0.0284. The van der Waals surface area contributed by atoms with Crippen molar-refractivity contribution in [2.75, 3.05) is 11.9 Å². The highest BCUT2D eigenvalue weighted by atomic mass is 16.6. The molecule has 0 atom stereocenters. The van der Waals surface area contributed by atoms with Gasteiger partial charge in [0.05, 0.1) is 22.1 Å². The number of amides is 1. The first-order valence-electron chi connectivity index (χ1n) is 6.65. The lowest BCUT2D eigenvalue weighted by Gasteiger charge is -2.17. The number of nitriles is 1. The lowest BCUT2D eigenvalue weighted by Crippen LogP contribution is -2.27. The summed E-state index contributed by atoms with van der Waals surface area (Å²) in [5, 5.41) is 28.9. The Balaban J connectivity index is 2.42. The number of carboxylic acids is 1. The van der Waals surface area contributed by atoms with Gasteiger partial charge in [0.1, 0.15) is 5.69 Å². The minimum atomic E-state index is -1.30. The van der Waals surface area contributed by atoms with Crippen LogP contribution < -0.4 is 4.90 Å². The molecule has 2 rings (SSSR count). The normalized spacial score (nSPS) is 9.83. The third kappa shape index (κ3) is 3.20. The van der Waals surface area contributed by atoms with Crippen molar-refractivity contribution in [1.82, 2.24) is 0 Å². The van der Waals surface area contributed by atoms with Crippen molar-refractivity contribution in [3.05, 3.63) is 69.3 Å². The summed E-state index contributed by atoms with van der Waals surface area (Å²) in [6.07, 6.45) is 0. The fourth-order valence-corrected chi connectivity index (χ4v) is 2.08. The fourth-order valence-electron chi connectivity index (χ4n) is 2.08. The van der Waals surface area contributed by atoms with E-state index in [1.165, 1.54) is 43.4 Å². The highest BCUT2D eigenvalue weighted by molar-refractivity contribution is 6.07. The summed E-state index contributed by atoms with van der Waals surface area (Å²) < 4.78 is 0. The van der Waals surface area contributed by atoms with E-state index in [0.29, 0.717) is 5.56 Å². The molecule has 0 aromatic heterocycles. The van der Waals surface area contributed by atoms with Crippen molar-refractivity contribution >= 4 is 23.3 Å². The van der Waals surface area contributed by atoms with Gasteiger partial charge in [0.25, 0.3) is 11.6 Å². The number of carbonyl (C=O) groups is 2. The van der Waals surface area contributed by atoms with Gasteiger partial charge in [0.2, 0.25) is 0 Å². The molecular weight excluding hydrogens is 314 g/mol. The van der Waals surface area contributed by atoms with Crippen LogP contribution >= 0.6 is 0 Å². The monoisotopic (exact) mass is 325 g/mol. The van der Waals surface area contributed by atoms with E-state index in [2.05, 4.69) is 0 Å². The van der Waals surface area contributed by atoms with Crippen molar-refractivity contribution in [2.45, 2.75) is 0 Å². The van der Waals surface area contributed by atoms with Crippen LogP contribution in [0.15, 0.2) is 42.5 Å². The zero-order valence-corrected chi connectivity index (χ0v) is 12.5. The molecule has 8 nitrogen and oxygen atoms in total. The maximum absolute atomic E-state index is 12.4. The van der Waals surface area contributed by atoms with Crippen LogP contribution in [-0.4, -0.2) is 29.0 Å². The summed E-state index contributed by atoms with van der Waals surface area (Å²) in [6, 6.07) is 11.0. The molecule has 1 amide bonds. The van der Waals surface area contributed by atoms with Gasteiger partial charge in [-0.15, -0.1) is 0 Å². The summed E-state index contributed by atoms with van der Waals surface area (Å²) in [5.41, 5.74) is -0.137. The van der Waals surface area contributed by atoms with Crippen molar-refractivity contribution in [2.24, 2.45) is 0 Å². The predicted molar refractivity (Wildman–Crippen MR) is 83.9 cm³/mol. The van der Waals surface area contributed by atoms with E-state index in [1.54, 1.807) is 0 Å². The van der Waals surface area contributed by atoms with Crippen LogP contribution in [0.4, 0.5) is 11.4 Å². The minimum Gasteiger partial charge on any atom is -0.478 e. The third-order valence-electron chi connectivity index (χ3n) is 3.35. The molecule has 0 fully saturated rings. The number of nitro benzene ring substituents is 1. The van der Waals surface area contributed by atoms with E-state index in [-0.39, 0.29) is 16.8 Å². The molecule has 0 unspecified atom stereocenters. The standard InChI is InChI=1S/C16H11N3O5/c1-18(15(20)11-4-2-10(9-17)3-5-11)13-7-6-12(16(21)22)8-14(13)19(23)24/h2-8H,1H3,(H,21,22). The number of carbonyl (C=O) groups excluding carboxylic acids is 1. The lowest BCUT2D eigenvalue weighted by atomic mass is 10.1. The zero-order chi connectivity index (χ0) is 17.9. The van der Waals surface area contributed by atoms with Crippen LogP contribution in [-0.2, 0) is 0 Å². The topological polar surface area (TPSA) is 125 Å². The number of nitrogens with zero attached hydrogens (tertiary/aromatic N) is 3. The number of benzene rings is 2. The Morgan fingerprint density at radius 2 is 1.75 bits per heavy atom. The Hall–Kier alpha value is -3.73. The van der Waals surface area contributed by atoms with Gasteiger partial charge in [0.15, 0.2) is 0 Å². The molecule has 0 aliphatic heterocycles. The van der Waals surface area contributed by atoms with E-state index in [1.807, 2.05) is 6.07 Å². The SMILES string of the molecule is CN(C(=O)c1ccc(C#N)cc1)c1ccc(C(=O)O)cc1[N+](=O)[O-]. The molecule has 0 aliphatic carbocycles. The molecule has 24 heavy (non-hydrogen) atoms. The van der Waals surface area contributed by atoms with E-state index in [0.717, 1.165) is 11.0 Å². The molecule has 0 saturated carbocycles. The second-order valence-corrected chi connectivity index (χ2v) is 4.82. The molecule has 120 valence electrons. The molecular formula is C16H11N3O5. The molecule has 0 spiro atoms. The van der Waals surface area contributed by atoms with Crippen LogP contribution in [0.5, 0.6) is 0 Å². The molecule has 0 saturated heterocycles. The van der Waals surface area contributed by atoms with Gasteiger partial charge >= 0.3 is 5.97 Å². The molecule has 2 aromatic rings. The molecule has 2 aromatic carbocycles. The summed E-state index contributed by atoms with van der Waals surface area (Å²) in [4.78, 5) is 34.9. The molecule has 0 bridgehead atoms. The van der Waals surface area contributed by atoms with E-state index in [9.17, 15) is 19.7 Å². The number of hydrogen-bond donors (Lipinski definition) is 1. The summed E-state index contributed by atoms with van der Waals surface area (Å²) >= 11 is 0. The van der Waals surface area contributed by atoms with Crippen LogP contribution in [0.25, 0.3) is 0 Å². The van der Waals surface area contributed by atoms with E-state index >= 15 is 0 Å². The van der Waals surface area contributed by atoms with Gasteiger partial charge in [-0.1, -0.05) is 0 Å². The Kier molecular flexibility index (Phi) is 4.56. The van der Waals surface area contributed by atoms with Gasteiger partial charge in [-0.25, -0.2) is 4.79 Å². The van der Waals surface area contributed by atoms with Crippen molar-refractivity contribution in [3.63, 3.8) is 0 Å². The summed E-state index contributed by atoms with van der Waals surface area (Å²) in [7, 11) is 1.35. The molecule has 8 heteroatoms. The number of anilines is 1. The second kappa shape index (κ2) is 6.58. The largest absolute Gasteiger partial charge is 0.478 e. The highest BCUT2D eigenvalue weighted by Crippen LogP contribution is 2.29. The Morgan fingerprint density at radius 1 is 1.17 bits per heavy atom. The number of aromatic carboxylic acids is 1. The quantitative estimate of drug-likeness (QED) is 0.680. The number of carboxylic acid groups (broad SMARTS) is 1. The first-order valence-corrected chi connectivity index (χ1v) is 6.65. The van der Waals surface area contributed by atoms with E-state index < -0.39 is 22.5 Å². The van der Waals surface area contributed by atoms with Gasteiger partial charge in [-0.2, -0.15) is 5.26 Å². The van der Waals surface area contributed by atoms with Gasteiger partial charge < -0.3 is 10.0 Å². The predicted octanol–water partition coefficient (Wildman–Crippen LogP) is 2.44. The fraction of sp³-hybridized carbons (Fsp3) is 0.0625. The first-order chi connectivity index (χ1) is 11.3. The van der Waals surface area contributed by atoms with E-state index in [4.69, 9.17) is 10.4 Å². The van der Waals surface area contributed by atoms with Crippen LogP contribution in [0.2, 0.25) is 0 Å². The zero-order valence-electron chi connectivity index (χ0n) is 12.5. The smallest absolute Gasteiger partial charge is 0.335 e. The average molecular weight is 325 g/mol. The van der Waals surface area contributed by atoms with Crippen LogP contribution in [0.1, 0.15) is 26.3 Å². The van der Waals surface area contributed by atoms with Gasteiger partial charge in [0, 0.05) is 18.7 Å². The van der Waals surface area contributed by atoms with Crippen LogP contribution in [0, 0.1) is 21.4 Å². The summed E-state index contributed by atoms with van der Waals surface area (Å²) in [6.45, 7) is 0. The van der Waals surface area contributed by atoms with Crippen molar-refractivity contribution in [3.8, 4) is 6.07 Å². The highest BCUT2D eigenvalue weighted by Gasteiger charge is 2.24. The number of hydrogen-bond acceptors (Lipinski definition) is 5. The number of nitro groups is 1.